The van der Waals surface area contributed by atoms with Gasteiger partial charge in [-0.3, -0.25) is 4.79 Å². The van der Waals surface area contributed by atoms with Crippen molar-refractivity contribution >= 4 is 44.9 Å². The first kappa shape index (κ1) is 27.7. The van der Waals surface area contributed by atoms with Crippen molar-refractivity contribution in [1.29, 1.82) is 0 Å². The molecule has 0 spiro atoms. The minimum atomic E-state index is -4.45. The first-order valence-corrected chi connectivity index (χ1v) is 14.1. The van der Waals surface area contributed by atoms with Crippen LogP contribution in [0.1, 0.15) is 23.9 Å². The predicted octanol–water partition coefficient (Wildman–Crippen LogP) is 7.21. The van der Waals surface area contributed by atoms with E-state index < -0.39 is 11.7 Å². The van der Waals surface area contributed by atoms with Gasteiger partial charge < -0.3 is 14.6 Å². The van der Waals surface area contributed by atoms with E-state index >= 15 is 0 Å². The van der Waals surface area contributed by atoms with Crippen molar-refractivity contribution in [3.63, 3.8) is 0 Å². The van der Waals surface area contributed by atoms with E-state index in [2.05, 4.69) is 28.5 Å². The largest absolute Gasteiger partial charge is 0.486 e. The minimum Gasteiger partial charge on any atom is -0.486 e. The summed E-state index contributed by atoms with van der Waals surface area (Å²) in [6.45, 7) is 4.38. The van der Waals surface area contributed by atoms with Gasteiger partial charge in [0.15, 0.2) is 11.0 Å². The number of alkyl halides is 3. The molecule has 0 unspecified atom stereocenters. The van der Waals surface area contributed by atoms with E-state index in [1.807, 2.05) is 43.3 Å². The zero-order valence-corrected chi connectivity index (χ0v) is 23.2. The monoisotopic (exact) mass is 583 g/mol. The molecule has 0 aliphatic rings. The number of thioether (sulfide) groups is 1. The number of halogens is 3. The summed E-state index contributed by atoms with van der Waals surface area (Å²) in [4.78, 5) is 17.3. The van der Waals surface area contributed by atoms with Crippen LogP contribution in [0.5, 0.6) is 5.75 Å². The van der Waals surface area contributed by atoms with Crippen molar-refractivity contribution < 1.29 is 22.7 Å². The van der Waals surface area contributed by atoms with Crippen LogP contribution in [0.25, 0.3) is 20.8 Å². The van der Waals surface area contributed by atoms with Crippen LogP contribution in [0.4, 0.5) is 18.9 Å². The number of fused-ring (bicyclic) bond motifs is 1. The Labute approximate surface area is 236 Å². The molecule has 1 amide bonds. The first-order chi connectivity index (χ1) is 19.2. The quantitative estimate of drug-likeness (QED) is 0.185. The number of hydrogen-bond donors (Lipinski definition) is 1. The van der Waals surface area contributed by atoms with E-state index in [0.29, 0.717) is 23.2 Å². The zero-order chi connectivity index (χ0) is 28.3. The Hall–Kier alpha value is -3.90. The molecule has 0 bridgehead atoms. The van der Waals surface area contributed by atoms with Gasteiger partial charge in [0.1, 0.15) is 17.4 Å². The first-order valence-electron chi connectivity index (χ1n) is 12.3. The molecule has 2 aromatic heterocycles. The SMILES string of the molecule is CCn1c(COc2cccc(C(F)(F)F)c2)nnc1SCC(=O)Nc1ccc(-c2nc3ccc(C)cc3s2)cc1. The van der Waals surface area contributed by atoms with Crippen LogP contribution in [0.2, 0.25) is 0 Å². The molecule has 3 aromatic carbocycles. The molecule has 0 aliphatic heterocycles. The van der Waals surface area contributed by atoms with Gasteiger partial charge in [0.25, 0.3) is 0 Å². The zero-order valence-electron chi connectivity index (χ0n) is 21.5. The van der Waals surface area contributed by atoms with Gasteiger partial charge in [-0.1, -0.05) is 23.9 Å². The fraction of sp³-hybridized carbons (Fsp3) is 0.214. The lowest BCUT2D eigenvalue weighted by Crippen LogP contribution is -2.15. The van der Waals surface area contributed by atoms with Gasteiger partial charge in [-0.25, -0.2) is 4.98 Å². The number of nitrogens with zero attached hydrogens (tertiary/aromatic N) is 4. The number of carbonyl (C=O) groups excluding carboxylic acids is 1. The van der Waals surface area contributed by atoms with Crippen LogP contribution in [-0.2, 0) is 24.1 Å². The van der Waals surface area contributed by atoms with Crippen LogP contribution in [0.15, 0.2) is 71.9 Å². The van der Waals surface area contributed by atoms with Crippen molar-refractivity contribution in [2.24, 2.45) is 0 Å². The molecular formula is C28H24F3N5O2S2. The second-order valence-corrected chi connectivity index (χ2v) is 10.8. The van der Waals surface area contributed by atoms with Gasteiger partial charge in [-0.2, -0.15) is 13.2 Å². The number of hydrogen-bond acceptors (Lipinski definition) is 7. The number of nitrogens with one attached hydrogen (secondary N) is 1. The third-order valence-corrected chi connectivity index (χ3v) is 7.96. The number of rotatable bonds is 9. The summed E-state index contributed by atoms with van der Waals surface area (Å²) in [6.07, 6.45) is -4.45. The molecule has 7 nitrogen and oxygen atoms in total. The van der Waals surface area contributed by atoms with Gasteiger partial charge >= 0.3 is 6.18 Å². The molecule has 5 rings (SSSR count). The molecule has 12 heteroatoms. The summed E-state index contributed by atoms with van der Waals surface area (Å²) in [5.74, 6) is 0.424. The van der Waals surface area contributed by atoms with E-state index in [1.54, 1.807) is 15.9 Å². The number of amides is 1. The molecule has 1 N–H and O–H groups in total. The van der Waals surface area contributed by atoms with E-state index in [1.165, 1.54) is 29.5 Å². The van der Waals surface area contributed by atoms with Crippen molar-refractivity contribution in [3.05, 3.63) is 83.7 Å². The summed E-state index contributed by atoms with van der Waals surface area (Å²) in [5, 5.41) is 12.6. The molecule has 2 heterocycles. The van der Waals surface area contributed by atoms with Crippen LogP contribution in [0.3, 0.4) is 0 Å². The molecule has 0 saturated carbocycles. The maximum atomic E-state index is 13.0. The van der Waals surface area contributed by atoms with E-state index in [-0.39, 0.29) is 24.0 Å². The molecule has 0 atom stereocenters. The van der Waals surface area contributed by atoms with Crippen LogP contribution < -0.4 is 10.1 Å². The summed E-state index contributed by atoms with van der Waals surface area (Å²) < 4.78 is 47.3. The third-order valence-electron chi connectivity index (χ3n) is 5.93. The van der Waals surface area contributed by atoms with Crippen molar-refractivity contribution in [2.45, 2.75) is 38.3 Å². The van der Waals surface area contributed by atoms with Crippen LogP contribution in [0, 0.1) is 6.92 Å². The maximum absolute atomic E-state index is 13.0. The highest BCUT2D eigenvalue weighted by Gasteiger charge is 2.30. The highest BCUT2D eigenvalue weighted by molar-refractivity contribution is 7.99. The smallest absolute Gasteiger partial charge is 0.416 e. The molecule has 5 aromatic rings. The van der Waals surface area contributed by atoms with Gasteiger partial charge in [0.2, 0.25) is 5.91 Å². The Balaban J connectivity index is 1.16. The number of anilines is 1. The highest BCUT2D eigenvalue weighted by atomic mass is 32.2. The second-order valence-electron chi connectivity index (χ2n) is 8.86. The second kappa shape index (κ2) is 11.7. The number of carbonyl (C=O) groups is 1. The van der Waals surface area contributed by atoms with Crippen LogP contribution in [-0.4, -0.2) is 31.4 Å². The van der Waals surface area contributed by atoms with Gasteiger partial charge in [0.05, 0.1) is 21.5 Å². The molecule has 0 fully saturated rings. The number of thiazole rings is 1. The average Bonchev–Trinajstić information content (AvgIpc) is 3.54. The van der Waals surface area contributed by atoms with Crippen LogP contribution >= 0.6 is 23.1 Å². The summed E-state index contributed by atoms with van der Waals surface area (Å²) in [5.41, 5.74) is 3.01. The highest BCUT2D eigenvalue weighted by Crippen LogP contribution is 2.32. The summed E-state index contributed by atoms with van der Waals surface area (Å²) in [6, 6.07) is 18.4. The van der Waals surface area contributed by atoms with Crippen molar-refractivity contribution in [3.8, 4) is 16.3 Å². The van der Waals surface area contributed by atoms with E-state index in [0.717, 1.165) is 32.9 Å². The lowest BCUT2D eigenvalue weighted by Gasteiger charge is -2.11. The fourth-order valence-corrected chi connectivity index (χ4v) is 5.83. The Kier molecular flexibility index (Phi) is 8.08. The van der Waals surface area contributed by atoms with E-state index in [4.69, 9.17) is 9.72 Å². The van der Waals surface area contributed by atoms with Crippen molar-refractivity contribution in [2.75, 3.05) is 11.1 Å². The maximum Gasteiger partial charge on any atom is 0.416 e. The molecule has 206 valence electrons. The molecule has 0 radical (unpaired) electrons. The molecular weight excluding hydrogens is 559 g/mol. The normalized spacial score (nSPS) is 11.6. The molecule has 0 aliphatic carbocycles. The third kappa shape index (κ3) is 6.45. The summed E-state index contributed by atoms with van der Waals surface area (Å²) in [7, 11) is 0. The standard InChI is InChI=1S/C28H24F3N5O2S2/c1-3-36-24(15-38-21-6-4-5-19(14-21)28(29,30)31)34-35-27(36)39-16-25(37)32-20-10-8-18(9-11-20)26-33-22-12-7-17(2)13-23(22)40-26/h4-14H,3,15-16H2,1-2H3,(H,32,37). The Morgan fingerprint density at radius 1 is 1.07 bits per heavy atom. The fourth-order valence-electron chi connectivity index (χ4n) is 3.94. The van der Waals surface area contributed by atoms with Gasteiger partial charge in [-0.05, 0) is 74.0 Å². The lowest BCUT2D eigenvalue weighted by molar-refractivity contribution is -0.137. The topological polar surface area (TPSA) is 81.9 Å². The Morgan fingerprint density at radius 2 is 1.88 bits per heavy atom. The van der Waals surface area contributed by atoms with E-state index in [9.17, 15) is 18.0 Å². The minimum absolute atomic E-state index is 0.0600. The van der Waals surface area contributed by atoms with Gasteiger partial charge in [0, 0.05) is 17.8 Å². The number of aryl methyl sites for hydroxylation is 1. The number of aromatic nitrogens is 4. The molecule has 0 saturated heterocycles. The number of ether oxygens (including phenoxy) is 1. The Morgan fingerprint density at radius 3 is 2.62 bits per heavy atom. The molecule has 40 heavy (non-hydrogen) atoms. The van der Waals surface area contributed by atoms with Crippen molar-refractivity contribution in [1.82, 2.24) is 19.7 Å². The Bertz CT molecular complexity index is 1650. The number of benzene rings is 3. The lowest BCUT2D eigenvalue weighted by atomic mass is 10.2. The summed E-state index contributed by atoms with van der Waals surface area (Å²) >= 11 is 2.84. The average molecular weight is 584 g/mol. The predicted molar refractivity (Wildman–Crippen MR) is 151 cm³/mol. The van der Waals surface area contributed by atoms with Gasteiger partial charge in [-0.15, -0.1) is 21.5 Å².